The van der Waals surface area contributed by atoms with Gasteiger partial charge in [0.15, 0.2) is 6.29 Å². The number of ether oxygens (including phenoxy) is 3. The molecule has 0 aromatic heterocycles. The topological polar surface area (TPSA) is 121 Å². The summed E-state index contributed by atoms with van der Waals surface area (Å²) >= 11 is 0. The van der Waals surface area contributed by atoms with E-state index in [4.69, 9.17) is 14.2 Å². The summed E-state index contributed by atoms with van der Waals surface area (Å²) < 4.78 is 17.4. The number of carbonyl (C=O) groups is 2. The molecule has 3 heterocycles. The van der Waals surface area contributed by atoms with Crippen LogP contribution in [-0.2, 0) is 23.8 Å². The lowest BCUT2D eigenvalue weighted by Crippen LogP contribution is -2.57. The molecule has 3 aliphatic heterocycles. The summed E-state index contributed by atoms with van der Waals surface area (Å²) in [6, 6.07) is -0.598. The molecule has 0 aromatic rings. The van der Waals surface area contributed by atoms with Crippen molar-refractivity contribution < 1.29 is 34.0 Å². The minimum Gasteiger partial charge on any atom is -0.384 e. The van der Waals surface area contributed by atoms with Crippen molar-refractivity contribution in [3.05, 3.63) is 12.2 Å². The van der Waals surface area contributed by atoms with Gasteiger partial charge in [-0.15, -0.1) is 0 Å². The number of unbranched alkanes of at least 4 members (excludes halogenated alkanes) is 3. The second-order valence-corrected chi connectivity index (χ2v) is 11.1. The number of aliphatic hydroxyl groups is 2. The molecule has 1 saturated carbocycles. The zero-order valence-corrected chi connectivity index (χ0v) is 20.9. The second-order valence-electron chi connectivity index (χ2n) is 11.1. The Morgan fingerprint density at radius 1 is 1.12 bits per heavy atom. The fourth-order valence-corrected chi connectivity index (χ4v) is 6.17. The number of epoxide rings is 2. The fraction of sp³-hybridized carbons (Fsp3) is 0.846. The first-order valence-electron chi connectivity index (χ1n) is 13.0. The maximum Gasteiger partial charge on any atom is 0.244 e. The number of aliphatic hydroxyl groups excluding tert-OH is 1. The molecule has 1 amide bonds. The van der Waals surface area contributed by atoms with Gasteiger partial charge in [-0.1, -0.05) is 59.0 Å². The standard InChI is InChI=1S/C26H41NO7/c1-5-6-7-8-9-15(2)12-16(3)10-11-19(29)27-18-14-26(34-24(18)30)22-20(32-22)25(31,13-17(4)28)21-23(26)33-21/h10-11,15-16,18,20-24,30-31H,5-9,12-14H2,1-4H3,(H,27,29)/b11-10+/t15?,16?,18-,20?,21?,22?,23?,24+,25?,26?/m0/s1. The van der Waals surface area contributed by atoms with Gasteiger partial charge >= 0.3 is 0 Å². The van der Waals surface area contributed by atoms with Crippen LogP contribution in [0.4, 0.5) is 0 Å². The minimum atomic E-state index is -1.35. The summed E-state index contributed by atoms with van der Waals surface area (Å²) in [6.07, 6.45) is 7.87. The van der Waals surface area contributed by atoms with Gasteiger partial charge < -0.3 is 29.7 Å². The highest BCUT2D eigenvalue weighted by Gasteiger charge is 2.83. The van der Waals surface area contributed by atoms with E-state index in [1.807, 2.05) is 6.08 Å². The van der Waals surface area contributed by atoms with Crippen LogP contribution in [0.3, 0.4) is 0 Å². The van der Waals surface area contributed by atoms with Crippen molar-refractivity contribution in [3.8, 4) is 0 Å². The predicted octanol–water partition coefficient (Wildman–Crippen LogP) is 2.40. The third kappa shape index (κ3) is 5.12. The lowest BCUT2D eigenvalue weighted by Gasteiger charge is -2.33. The van der Waals surface area contributed by atoms with Crippen LogP contribution in [0.25, 0.3) is 0 Å². The highest BCUT2D eigenvalue weighted by molar-refractivity contribution is 5.87. The molecule has 6 unspecified atom stereocenters. The highest BCUT2D eigenvalue weighted by Crippen LogP contribution is 2.62. The van der Waals surface area contributed by atoms with Crippen LogP contribution in [0.1, 0.15) is 79.1 Å². The number of fused-ring (bicyclic) bond motifs is 4. The van der Waals surface area contributed by atoms with Gasteiger partial charge in [-0.2, -0.15) is 0 Å². The number of hydrogen-bond acceptors (Lipinski definition) is 7. The van der Waals surface area contributed by atoms with Crippen LogP contribution < -0.4 is 5.32 Å². The highest BCUT2D eigenvalue weighted by atomic mass is 16.7. The van der Waals surface area contributed by atoms with Crippen molar-refractivity contribution in [1.82, 2.24) is 5.32 Å². The molecule has 4 rings (SSSR count). The van der Waals surface area contributed by atoms with E-state index in [1.165, 1.54) is 39.0 Å². The Morgan fingerprint density at radius 3 is 2.41 bits per heavy atom. The summed E-state index contributed by atoms with van der Waals surface area (Å²) in [6.45, 7) is 8.04. The van der Waals surface area contributed by atoms with Gasteiger partial charge in [0.25, 0.3) is 0 Å². The van der Waals surface area contributed by atoms with E-state index in [-0.39, 0.29) is 18.1 Å². The van der Waals surface area contributed by atoms with Crippen LogP contribution in [-0.4, -0.2) is 69.9 Å². The molecule has 4 aliphatic rings. The summed E-state index contributed by atoms with van der Waals surface area (Å²) in [5, 5.41) is 24.4. The number of Topliss-reactive ketones (excluding diaryl/α,β-unsaturated/α-hetero) is 1. The number of amides is 1. The van der Waals surface area contributed by atoms with Crippen molar-refractivity contribution in [2.45, 2.75) is 127 Å². The lowest BCUT2D eigenvalue weighted by molar-refractivity contribution is -0.161. The maximum atomic E-state index is 12.6. The van der Waals surface area contributed by atoms with E-state index in [0.29, 0.717) is 18.3 Å². The largest absolute Gasteiger partial charge is 0.384 e. The Hall–Kier alpha value is -1.32. The minimum absolute atomic E-state index is 0.0333. The van der Waals surface area contributed by atoms with E-state index in [9.17, 15) is 19.8 Å². The number of hydrogen-bond donors (Lipinski definition) is 3. The zero-order chi connectivity index (χ0) is 24.7. The summed E-state index contributed by atoms with van der Waals surface area (Å²) in [5.41, 5.74) is -2.27. The first-order valence-corrected chi connectivity index (χ1v) is 13.0. The third-order valence-corrected chi connectivity index (χ3v) is 7.92. The van der Waals surface area contributed by atoms with Crippen molar-refractivity contribution in [2.24, 2.45) is 11.8 Å². The lowest BCUT2D eigenvalue weighted by atomic mass is 9.72. The molecule has 4 fully saturated rings. The number of allylic oxidation sites excluding steroid dienone is 1. The molecule has 192 valence electrons. The smallest absolute Gasteiger partial charge is 0.244 e. The van der Waals surface area contributed by atoms with Gasteiger partial charge in [-0.05, 0) is 31.3 Å². The molecule has 8 nitrogen and oxygen atoms in total. The van der Waals surface area contributed by atoms with Crippen molar-refractivity contribution in [3.63, 3.8) is 0 Å². The Bertz CT molecular complexity index is 780. The van der Waals surface area contributed by atoms with Gasteiger partial charge in [0.2, 0.25) is 5.91 Å². The van der Waals surface area contributed by atoms with Gasteiger partial charge in [0, 0.05) is 12.8 Å². The molecule has 3 saturated heterocycles. The van der Waals surface area contributed by atoms with Crippen LogP contribution in [0.2, 0.25) is 0 Å². The van der Waals surface area contributed by atoms with Crippen LogP contribution in [0.15, 0.2) is 12.2 Å². The monoisotopic (exact) mass is 479 g/mol. The van der Waals surface area contributed by atoms with Gasteiger partial charge in [0.1, 0.15) is 41.4 Å². The molecule has 34 heavy (non-hydrogen) atoms. The molecule has 8 heteroatoms. The van der Waals surface area contributed by atoms with Crippen molar-refractivity contribution in [2.75, 3.05) is 0 Å². The predicted molar refractivity (Wildman–Crippen MR) is 125 cm³/mol. The van der Waals surface area contributed by atoms with E-state index >= 15 is 0 Å². The Labute approximate surface area is 202 Å². The van der Waals surface area contributed by atoms with E-state index in [1.54, 1.807) is 6.08 Å². The Kier molecular flexibility index (Phi) is 7.56. The summed E-state index contributed by atoms with van der Waals surface area (Å²) in [4.78, 5) is 24.2. The zero-order valence-electron chi connectivity index (χ0n) is 20.9. The van der Waals surface area contributed by atoms with Gasteiger partial charge in [-0.3, -0.25) is 9.59 Å². The Morgan fingerprint density at radius 2 is 1.79 bits per heavy atom. The quantitative estimate of drug-likeness (QED) is 0.223. The van der Waals surface area contributed by atoms with E-state index in [2.05, 4.69) is 26.1 Å². The molecular weight excluding hydrogens is 438 g/mol. The average molecular weight is 480 g/mol. The molecular formula is C26H41NO7. The number of ketones is 1. The first kappa shape index (κ1) is 25.8. The number of carbonyl (C=O) groups excluding carboxylic acids is 2. The summed E-state index contributed by atoms with van der Waals surface area (Å²) in [5.74, 6) is 0.515. The molecule has 0 bridgehead atoms. The normalized spacial score (nSPS) is 41.7. The van der Waals surface area contributed by atoms with Crippen molar-refractivity contribution >= 4 is 11.7 Å². The third-order valence-electron chi connectivity index (χ3n) is 7.92. The molecule has 1 spiro atoms. The van der Waals surface area contributed by atoms with Gasteiger partial charge in [0.05, 0.1) is 6.04 Å². The van der Waals surface area contributed by atoms with Crippen molar-refractivity contribution in [1.29, 1.82) is 0 Å². The van der Waals surface area contributed by atoms with Crippen LogP contribution >= 0.6 is 0 Å². The molecule has 3 N–H and O–H groups in total. The number of nitrogens with one attached hydrogen (secondary N) is 1. The molecule has 0 aromatic carbocycles. The fourth-order valence-electron chi connectivity index (χ4n) is 6.17. The van der Waals surface area contributed by atoms with Crippen LogP contribution in [0.5, 0.6) is 0 Å². The molecule has 0 radical (unpaired) electrons. The van der Waals surface area contributed by atoms with E-state index in [0.717, 1.165) is 6.42 Å². The van der Waals surface area contributed by atoms with Crippen LogP contribution in [0, 0.1) is 11.8 Å². The number of rotatable bonds is 12. The van der Waals surface area contributed by atoms with Gasteiger partial charge in [-0.25, -0.2) is 0 Å². The Balaban J connectivity index is 1.26. The second kappa shape index (κ2) is 9.97. The maximum absolute atomic E-state index is 12.6. The molecule has 1 aliphatic carbocycles. The SMILES string of the molecule is CCCCCCC(C)CC(C)/C=C/C(=O)N[C@H]1CC2(O[C@H]1O)C1OC1C(O)(CC(C)=O)C1OC12. The molecule has 8 atom stereocenters. The average Bonchev–Trinajstić information content (AvgIpc) is 3.66. The first-order chi connectivity index (χ1) is 16.1. The summed E-state index contributed by atoms with van der Waals surface area (Å²) in [7, 11) is 0. The van der Waals surface area contributed by atoms with E-state index < -0.39 is 47.9 Å².